The summed E-state index contributed by atoms with van der Waals surface area (Å²) in [6.07, 6.45) is 3.03. The van der Waals surface area contributed by atoms with E-state index in [0.29, 0.717) is 5.76 Å². The van der Waals surface area contributed by atoms with E-state index in [1.54, 1.807) is 12.1 Å². The Morgan fingerprint density at radius 2 is 1.90 bits per heavy atom. The highest BCUT2D eigenvalue weighted by molar-refractivity contribution is 6.13. The Hall–Kier alpha value is -2.82. The SMILES string of the molecule is O=C1N/C(=C/c2ccco2)C(=O)N1Cc1ccccc1. The molecule has 0 aliphatic carbocycles. The molecule has 0 spiro atoms. The summed E-state index contributed by atoms with van der Waals surface area (Å²) in [5.41, 5.74) is 1.12. The Labute approximate surface area is 115 Å². The van der Waals surface area contributed by atoms with Crippen molar-refractivity contribution in [1.82, 2.24) is 10.2 Å². The highest BCUT2D eigenvalue weighted by Crippen LogP contribution is 2.16. The molecule has 3 amide bonds. The third-order valence-electron chi connectivity index (χ3n) is 2.98. The summed E-state index contributed by atoms with van der Waals surface area (Å²) in [7, 11) is 0. The highest BCUT2D eigenvalue weighted by Gasteiger charge is 2.33. The van der Waals surface area contributed by atoms with Crippen molar-refractivity contribution >= 4 is 18.0 Å². The van der Waals surface area contributed by atoms with Gasteiger partial charge in [0.05, 0.1) is 12.8 Å². The van der Waals surface area contributed by atoms with Crippen LogP contribution in [-0.4, -0.2) is 16.8 Å². The molecule has 1 fully saturated rings. The van der Waals surface area contributed by atoms with E-state index in [-0.39, 0.29) is 18.1 Å². The van der Waals surface area contributed by atoms with E-state index in [2.05, 4.69) is 5.32 Å². The topological polar surface area (TPSA) is 62.6 Å². The molecule has 5 heteroatoms. The molecule has 1 aliphatic heterocycles. The molecular formula is C15H12N2O3. The van der Waals surface area contributed by atoms with Crippen molar-refractivity contribution < 1.29 is 14.0 Å². The number of hydrogen-bond acceptors (Lipinski definition) is 3. The van der Waals surface area contributed by atoms with Crippen molar-refractivity contribution in [2.24, 2.45) is 0 Å². The molecule has 1 saturated heterocycles. The van der Waals surface area contributed by atoms with Gasteiger partial charge in [-0.05, 0) is 17.7 Å². The lowest BCUT2D eigenvalue weighted by Gasteiger charge is -2.11. The standard InChI is InChI=1S/C15H12N2O3/c18-14-13(9-12-7-4-8-20-12)16-15(19)17(14)10-11-5-2-1-3-6-11/h1-9H,10H2,(H,16,19)/b13-9+. The molecule has 0 bridgehead atoms. The predicted octanol–water partition coefficient (Wildman–Crippen LogP) is 2.37. The fraction of sp³-hybridized carbons (Fsp3) is 0.0667. The molecule has 1 aromatic heterocycles. The first kappa shape index (κ1) is 12.2. The van der Waals surface area contributed by atoms with Crippen LogP contribution in [0.4, 0.5) is 4.79 Å². The van der Waals surface area contributed by atoms with E-state index < -0.39 is 6.03 Å². The van der Waals surface area contributed by atoms with Crippen molar-refractivity contribution in [2.45, 2.75) is 6.54 Å². The Bertz CT molecular complexity index is 660. The van der Waals surface area contributed by atoms with E-state index in [9.17, 15) is 9.59 Å². The largest absolute Gasteiger partial charge is 0.465 e. The number of rotatable bonds is 3. The monoisotopic (exact) mass is 268 g/mol. The predicted molar refractivity (Wildman–Crippen MR) is 72.2 cm³/mol. The van der Waals surface area contributed by atoms with Crippen LogP contribution in [0.3, 0.4) is 0 Å². The molecule has 0 radical (unpaired) electrons. The minimum Gasteiger partial charge on any atom is -0.465 e. The number of imide groups is 1. The van der Waals surface area contributed by atoms with Crippen LogP contribution >= 0.6 is 0 Å². The first-order valence-corrected chi connectivity index (χ1v) is 6.16. The zero-order chi connectivity index (χ0) is 13.9. The second-order valence-corrected chi connectivity index (χ2v) is 4.38. The van der Waals surface area contributed by atoms with Crippen molar-refractivity contribution in [2.75, 3.05) is 0 Å². The van der Waals surface area contributed by atoms with Crippen molar-refractivity contribution in [3.05, 3.63) is 65.7 Å². The summed E-state index contributed by atoms with van der Waals surface area (Å²) >= 11 is 0. The van der Waals surface area contributed by atoms with Gasteiger partial charge >= 0.3 is 6.03 Å². The summed E-state index contributed by atoms with van der Waals surface area (Å²) in [5, 5.41) is 2.55. The van der Waals surface area contributed by atoms with E-state index in [0.717, 1.165) is 5.56 Å². The average Bonchev–Trinajstić information content (AvgIpc) is 3.05. The molecule has 1 aliphatic rings. The lowest BCUT2D eigenvalue weighted by Crippen LogP contribution is -2.30. The molecule has 0 atom stereocenters. The van der Waals surface area contributed by atoms with Gasteiger partial charge in [0, 0.05) is 6.08 Å². The summed E-state index contributed by atoms with van der Waals surface area (Å²) in [5.74, 6) is 0.172. The molecule has 20 heavy (non-hydrogen) atoms. The summed E-state index contributed by atoms with van der Waals surface area (Å²) in [6, 6.07) is 12.4. The van der Waals surface area contributed by atoms with Crippen LogP contribution in [0.25, 0.3) is 6.08 Å². The first-order valence-electron chi connectivity index (χ1n) is 6.16. The van der Waals surface area contributed by atoms with E-state index in [1.807, 2.05) is 30.3 Å². The molecule has 1 aromatic carbocycles. The molecule has 2 heterocycles. The number of amides is 3. The minimum atomic E-state index is -0.420. The zero-order valence-electron chi connectivity index (χ0n) is 10.6. The molecule has 1 N–H and O–H groups in total. The Kier molecular flexibility index (Phi) is 3.09. The van der Waals surface area contributed by atoms with Gasteiger partial charge in [-0.3, -0.25) is 9.69 Å². The quantitative estimate of drug-likeness (QED) is 0.686. The normalized spacial score (nSPS) is 16.8. The lowest BCUT2D eigenvalue weighted by atomic mass is 10.2. The smallest absolute Gasteiger partial charge is 0.329 e. The second kappa shape index (κ2) is 5.05. The van der Waals surface area contributed by atoms with Gasteiger partial charge < -0.3 is 9.73 Å². The van der Waals surface area contributed by atoms with Crippen LogP contribution < -0.4 is 5.32 Å². The summed E-state index contributed by atoms with van der Waals surface area (Å²) < 4.78 is 5.13. The Balaban J connectivity index is 1.81. The van der Waals surface area contributed by atoms with Gasteiger partial charge in [0.25, 0.3) is 5.91 Å². The molecule has 2 aromatic rings. The maximum Gasteiger partial charge on any atom is 0.329 e. The third kappa shape index (κ3) is 2.33. The number of carbonyl (C=O) groups is 2. The van der Waals surface area contributed by atoms with E-state index in [1.165, 1.54) is 17.2 Å². The van der Waals surface area contributed by atoms with Crippen LogP contribution in [0.1, 0.15) is 11.3 Å². The van der Waals surface area contributed by atoms with Crippen LogP contribution in [0, 0.1) is 0 Å². The second-order valence-electron chi connectivity index (χ2n) is 4.38. The third-order valence-corrected chi connectivity index (χ3v) is 2.98. The molecule has 0 unspecified atom stereocenters. The number of nitrogens with one attached hydrogen (secondary N) is 1. The van der Waals surface area contributed by atoms with Gasteiger partial charge in [0.15, 0.2) is 0 Å². The number of nitrogens with zero attached hydrogens (tertiary/aromatic N) is 1. The minimum absolute atomic E-state index is 0.223. The van der Waals surface area contributed by atoms with Gasteiger partial charge in [0.1, 0.15) is 11.5 Å². The fourth-order valence-corrected chi connectivity index (χ4v) is 2.00. The van der Waals surface area contributed by atoms with Crippen LogP contribution in [0.15, 0.2) is 58.8 Å². The Morgan fingerprint density at radius 3 is 2.60 bits per heavy atom. The maximum absolute atomic E-state index is 12.2. The molecule has 3 rings (SSSR count). The summed E-state index contributed by atoms with van der Waals surface area (Å²) in [6.45, 7) is 0.251. The van der Waals surface area contributed by atoms with Crippen molar-refractivity contribution in [3.8, 4) is 0 Å². The average molecular weight is 268 g/mol. The van der Waals surface area contributed by atoms with Gasteiger partial charge in [0.2, 0.25) is 0 Å². The number of hydrogen-bond donors (Lipinski definition) is 1. The molecule has 100 valence electrons. The van der Waals surface area contributed by atoms with Crippen LogP contribution in [-0.2, 0) is 11.3 Å². The zero-order valence-corrected chi connectivity index (χ0v) is 10.6. The number of furan rings is 1. The number of benzene rings is 1. The van der Waals surface area contributed by atoms with Gasteiger partial charge in [-0.25, -0.2) is 4.79 Å². The lowest BCUT2D eigenvalue weighted by molar-refractivity contribution is -0.123. The Morgan fingerprint density at radius 1 is 1.10 bits per heavy atom. The van der Waals surface area contributed by atoms with Crippen molar-refractivity contribution in [3.63, 3.8) is 0 Å². The van der Waals surface area contributed by atoms with Gasteiger partial charge in [-0.15, -0.1) is 0 Å². The first-order chi connectivity index (χ1) is 9.74. The van der Waals surface area contributed by atoms with E-state index in [4.69, 9.17) is 4.42 Å². The van der Waals surface area contributed by atoms with Gasteiger partial charge in [-0.2, -0.15) is 0 Å². The van der Waals surface area contributed by atoms with Crippen LogP contribution in [0.2, 0.25) is 0 Å². The fourth-order valence-electron chi connectivity index (χ4n) is 2.00. The van der Waals surface area contributed by atoms with E-state index >= 15 is 0 Å². The van der Waals surface area contributed by atoms with Crippen molar-refractivity contribution in [1.29, 1.82) is 0 Å². The number of urea groups is 1. The highest BCUT2D eigenvalue weighted by atomic mass is 16.3. The number of carbonyl (C=O) groups excluding carboxylic acids is 2. The molecule has 0 saturated carbocycles. The van der Waals surface area contributed by atoms with Gasteiger partial charge in [-0.1, -0.05) is 30.3 Å². The maximum atomic E-state index is 12.2. The van der Waals surface area contributed by atoms with Crippen LogP contribution in [0.5, 0.6) is 0 Å². The molecular weight excluding hydrogens is 256 g/mol. The molecule has 5 nitrogen and oxygen atoms in total. The summed E-state index contributed by atoms with van der Waals surface area (Å²) in [4.78, 5) is 25.2.